The molecule has 2 aliphatic heterocycles. The van der Waals surface area contributed by atoms with Crippen molar-refractivity contribution in [2.24, 2.45) is 5.73 Å². The van der Waals surface area contributed by atoms with E-state index in [0.29, 0.717) is 37.4 Å². The van der Waals surface area contributed by atoms with Crippen molar-refractivity contribution in [1.82, 2.24) is 10.2 Å². The Morgan fingerprint density at radius 1 is 1.06 bits per heavy atom. The van der Waals surface area contributed by atoms with Crippen molar-refractivity contribution in [2.45, 2.75) is 25.3 Å². The van der Waals surface area contributed by atoms with Crippen molar-refractivity contribution in [2.75, 3.05) is 25.1 Å². The van der Waals surface area contributed by atoms with Gasteiger partial charge in [-0.05, 0) is 36.6 Å². The number of amides is 5. The van der Waals surface area contributed by atoms with Gasteiger partial charge in [-0.25, -0.2) is 0 Å². The normalized spacial score (nSPS) is 17.5. The molecule has 1 saturated heterocycles. The monoisotopic (exact) mass is 464 g/mol. The lowest BCUT2D eigenvalue weighted by molar-refractivity contribution is -0.136. The molecule has 0 spiro atoms. The van der Waals surface area contributed by atoms with Crippen LogP contribution >= 0.6 is 0 Å². The third kappa shape index (κ3) is 4.53. The van der Waals surface area contributed by atoms with Crippen molar-refractivity contribution < 1.29 is 28.7 Å². The molecule has 34 heavy (non-hydrogen) atoms. The molecule has 0 aromatic heterocycles. The van der Waals surface area contributed by atoms with E-state index in [4.69, 9.17) is 10.5 Å². The van der Waals surface area contributed by atoms with Crippen LogP contribution in [0.5, 0.6) is 0 Å². The molecule has 0 aliphatic carbocycles. The van der Waals surface area contributed by atoms with E-state index in [2.05, 4.69) is 10.6 Å². The van der Waals surface area contributed by atoms with Crippen LogP contribution in [0.2, 0.25) is 0 Å². The van der Waals surface area contributed by atoms with Crippen molar-refractivity contribution in [3.8, 4) is 0 Å². The number of fused-ring (bicyclic) bond motifs is 1. The first kappa shape index (κ1) is 23.1. The molecular weight excluding hydrogens is 440 g/mol. The molecule has 2 aliphatic rings. The topological polar surface area (TPSA) is 148 Å². The number of hydrogen-bond acceptors (Lipinski definition) is 7. The second kappa shape index (κ2) is 9.84. The third-order valence-corrected chi connectivity index (χ3v) is 5.83. The zero-order valence-electron chi connectivity index (χ0n) is 18.3. The molecular formula is C24H24N4O6. The molecule has 5 amide bonds. The fourth-order valence-corrected chi connectivity index (χ4v) is 4.18. The summed E-state index contributed by atoms with van der Waals surface area (Å²) >= 11 is 0. The van der Waals surface area contributed by atoms with Crippen LogP contribution in [0.3, 0.4) is 0 Å². The van der Waals surface area contributed by atoms with Crippen LogP contribution in [0.15, 0.2) is 42.5 Å². The largest absolute Gasteiger partial charge is 0.382 e. The Labute approximate surface area is 195 Å². The number of nitrogens with two attached hydrogens (primary N) is 1. The molecule has 10 nitrogen and oxygen atoms in total. The van der Waals surface area contributed by atoms with E-state index in [1.807, 2.05) is 12.1 Å². The SMILES string of the molecule is NC(=O)c1ccccc1CCOCCNc1cccc2c1C(=O)N(C1CCC(=O)NC1=O)C2=O. The number of imide groups is 2. The van der Waals surface area contributed by atoms with Gasteiger partial charge in [-0.3, -0.25) is 34.2 Å². The number of nitrogens with one attached hydrogen (secondary N) is 2. The van der Waals surface area contributed by atoms with Gasteiger partial charge in [0.1, 0.15) is 6.04 Å². The molecule has 1 atom stereocenters. The first-order chi connectivity index (χ1) is 16.4. The van der Waals surface area contributed by atoms with E-state index in [1.54, 1.807) is 30.3 Å². The van der Waals surface area contributed by atoms with E-state index in [0.717, 1.165) is 10.5 Å². The minimum Gasteiger partial charge on any atom is -0.382 e. The van der Waals surface area contributed by atoms with Gasteiger partial charge >= 0.3 is 0 Å². The number of piperidine rings is 1. The van der Waals surface area contributed by atoms with Gasteiger partial charge in [0.05, 0.1) is 24.3 Å². The van der Waals surface area contributed by atoms with Crippen molar-refractivity contribution in [3.05, 3.63) is 64.7 Å². The maximum Gasteiger partial charge on any atom is 0.264 e. The molecule has 176 valence electrons. The highest BCUT2D eigenvalue weighted by atomic mass is 16.5. The molecule has 4 N–H and O–H groups in total. The van der Waals surface area contributed by atoms with E-state index >= 15 is 0 Å². The Morgan fingerprint density at radius 3 is 2.62 bits per heavy atom. The van der Waals surface area contributed by atoms with Gasteiger partial charge in [0.2, 0.25) is 17.7 Å². The lowest BCUT2D eigenvalue weighted by atomic mass is 10.0. The van der Waals surface area contributed by atoms with Crippen LogP contribution in [0.25, 0.3) is 0 Å². The van der Waals surface area contributed by atoms with Gasteiger partial charge in [-0.15, -0.1) is 0 Å². The first-order valence-corrected chi connectivity index (χ1v) is 10.9. The zero-order chi connectivity index (χ0) is 24.2. The Morgan fingerprint density at radius 2 is 1.85 bits per heavy atom. The number of carbonyl (C=O) groups excluding carboxylic acids is 5. The summed E-state index contributed by atoms with van der Waals surface area (Å²) in [5.74, 6) is -2.67. The summed E-state index contributed by atoms with van der Waals surface area (Å²) in [6, 6.07) is 10.9. The smallest absolute Gasteiger partial charge is 0.264 e. The van der Waals surface area contributed by atoms with E-state index in [-0.39, 0.29) is 24.0 Å². The number of ether oxygens (including phenoxy) is 1. The van der Waals surface area contributed by atoms with E-state index in [1.165, 1.54) is 0 Å². The summed E-state index contributed by atoms with van der Waals surface area (Å²) in [6.07, 6.45) is 0.690. The molecule has 0 saturated carbocycles. The Balaban J connectivity index is 1.34. The predicted molar refractivity (Wildman–Crippen MR) is 121 cm³/mol. The number of carbonyl (C=O) groups is 5. The number of primary amides is 1. The standard InChI is InChI=1S/C24H24N4O6/c25-21(30)15-5-2-1-4-14(15)10-12-34-13-11-26-17-7-3-6-16-20(17)24(33)28(23(16)32)18-8-9-19(29)27-22(18)31/h1-7,18,26H,8-13H2,(H2,25,30)(H,27,29,31). The molecule has 2 aromatic carbocycles. The number of benzene rings is 2. The van der Waals surface area contributed by atoms with Crippen molar-refractivity contribution in [1.29, 1.82) is 0 Å². The summed E-state index contributed by atoms with van der Waals surface area (Å²) < 4.78 is 5.64. The lowest BCUT2D eigenvalue weighted by Gasteiger charge is -2.27. The Bertz CT molecular complexity index is 1180. The number of hydrogen-bond donors (Lipinski definition) is 3. The number of nitrogens with zero attached hydrogens (tertiary/aromatic N) is 1. The molecule has 10 heteroatoms. The minimum absolute atomic E-state index is 0.0656. The average molecular weight is 464 g/mol. The fraction of sp³-hybridized carbons (Fsp3) is 0.292. The third-order valence-electron chi connectivity index (χ3n) is 5.83. The van der Waals surface area contributed by atoms with Gasteiger partial charge in [0.15, 0.2) is 0 Å². The fourth-order valence-electron chi connectivity index (χ4n) is 4.18. The number of anilines is 1. The predicted octanol–water partition coefficient (Wildman–Crippen LogP) is 0.858. The van der Waals surface area contributed by atoms with Crippen molar-refractivity contribution in [3.63, 3.8) is 0 Å². The lowest BCUT2D eigenvalue weighted by Crippen LogP contribution is -2.54. The number of rotatable bonds is 9. The Hall–Kier alpha value is -4.05. The second-order valence-corrected chi connectivity index (χ2v) is 7.99. The quantitative estimate of drug-likeness (QED) is 0.368. The maximum absolute atomic E-state index is 13.1. The molecule has 1 unspecified atom stereocenters. The second-order valence-electron chi connectivity index (χ2n) is 7.99. The van der Waals surface area contributed by atoms with Crippen LogP contribution in [-0.4, -0.2) is 60.2 Å². The van der Waals surface area contributed by atoms with Crippen LogP contribution in [-0.2, 0) is 20.7 Å². The van der Waals surface area contributed by atoms with Crippen LogP contribution < -0.4 is 16.4 Å². The zero-order valence-corrected chi connectivity index (χ0v) is 18.3. The summed E-state index contributed by atoms with van der Waals surface area (Å²) in [5.41, 5.74) is 7.54. The van der Waals surface area contributed by atoms with Gasteiger partial charge in [0.25, 0.3) is 11.8 Å². The summed E-state index contributed by atoms with van der Waals surface area (Å²) in [5, 5.41) is 5.29. The van der Waals surface area contributed by atoms with Crippen LogP contribution in [0.4, 0.5) is 5.69 Å². The van der Waals surface area contributed by atoms with Gasteiger partial charge in [-0.2, -0.15) is 0 Å². The van der Waals surface area contributed by atoms with Crippen molar-refractivity contribution >= 4 is 35.2 Å². The molecule has 1 fully saturated rings. The Kier molecular flexibility index (Phi) is 6.69. The summed E-state index contributed by atoms with van der Waals surface area (Å²) in [6.45, 7) is 1.06. The maximum atomic E-state index is 13.1. The van der Waals surface area contributed by atoms with E-state index in [9.17, 15) is 24.0 Å². The van der Waals surface area contributed by atoms with Gasteiger partial charge in [0, 0.05) is 24.2 Å². The summed E-state index contributed by atoms with van der Waals surface area (Å²) in [4.78, 5) is 62.0. The molecule has 4 rings (SSSR count). The molecule has 2 aromatic rings. The highest BCUT2D eigenvalue weighted by Gasteiger charge is 2.45. The van der Waals surface area contributed by atoms with E-state index < -0.39 is 35.6 Å². The first-order valence-electron chi connectivity index (χ1n) is 10.9. The molecule has 0 radical (unpaired) electrons. The minimum atomic E-state index is -1.01. The molecule has 0 bridgehead atoms. The van der Waals surface area contributed by atoms with Crippen LogP contribution in [0, 0.1) is 0 Å². The average Bonchev–Trinajstić information content (AvgIpc) is 3.07. The highest BCUT2D eigenvalue weighted by molar-refractivity contribution is 6.25. The summed E-state index contributed by atoms with van der Waals surface area (Å²) in [7, 11) is 0. The van der Waals surface area contributed by atoms with Gasteiger partial charge in [-0.1, -0.05) is 24.3 Å². The highest BCUT2D eigenvalue weighted by Crippen LogP contribution is 2.32. The van der Waals surface area contributed by atoms with Gasteiger partial charge < -0.3 is 15.8 Å². The van der Waals surface area contributed by atoms with Crippen LogP contribution in [0.1, 0.15) is 49.5 Å². The molecule has 2 heterocycles.